The minimum Gasteiger partial charge on any atom is -0.481 e. The highest BCUT2D eigenvalue weighted by Gasteiger charge is 2.30. The topological polar surface area (TPSA) is 132 Å². The number of aliphatic hydroxyl groups is 2. The zero-order valence-electron chi connectivity index (χ0n) is 10.8. The third-order valence-electron chi connectivity index (χ3n) is 2.53. The van der Waals surface area contributed by atoms with E-state index < -0.39 is 35.2 Å². The van der Waals surface area contributed by atoms with Gasteiger partial charge < -0.3 is 19.7 Å². The number of nitrogens with zero attached hydrogens (tertiary/aromatic N) is 2. The second-order valence-electron chi connectivity index (χ2n) is 3.81. The monoisotopic (exact) mass is 286 g/mol. The predicted molar refractivity (Wildman–Crippen MR) is 65.0 cm³/mol. The van der Waals surface area contributed by atoms with Crippen LogP contribution in [0.4, 0.5) is 5.69 Å². The Kier molecular flexibility index (Phi) is 5.35. The number of carbonyl (C=O) groups excluding carboxylic acids is 1. The Labute approximate surface area is 113 Å². The van der Waals surface area contributed by atoms with Crippen molar-refractivity contribution in [2.24, 2.45) is 0 Å². The van der Waals surface area contributed by atoms with Gasteiger partial charge in [-0.3, -0.25) is 14.9 Å². The van der Waals surface area contributed by atoms with Crippen LogP contribution >= 0.6 is 0 Å². The molecule has 2 N–H and O–H groups in total. The zero-order valence-corrected chi connectivity index (χ0v) is 10.8. The van der Waals surface area contributed by atoms with E-state index in [2.05, 4.69) is 9.72 Å². The van der Waals surface area contributed by atoms with Crippen LogP contribution in [0.3, 0.4) is 0 Å². The molecule has 0 bridgehead atoms. The van der Waals surface area contributed by atoms with E-state index in [0.29, 0.717) is 0 Å². The fourth-order valence-corrected chi connectivity index (χ4v) is 1.48. The molecule has 0 radical (unpaired) electrons. The average molecular weight is 286 g/mol. The normalized spacial score (nSPS) is 13.4. The molecule has 0 fully saturated rings. The van der Waals surface area contributed by atoms with Crippen molar-refractivity contribution in [1.82, 2.24) is 4.98 Å². The Hall–Kier alpha value is -2.26. The first-order chi connectivity index (χ1) is 9.40. The maximum Gasteiger partial charge on any atom is 0.308 e. The Balaban J connectivity index is 3.08. The molecule has 2 atom stereocenters. The fourth-order valence-electron chi connectivity index (χ4n) is 1.48. The molecule has 0 aliphatic rings. The van der Waals surface area contributed by atoms with Gasteiger partial charge in [-0.1, -0.05) is 0 Å². The van der Waals surface area contributed by atoms with E-state index in [1.807, 2.05) is 0 Å². The van der Waals surface area contributed by atoms with Gasteiger partial charge in [-0.15, -0.1) is 0 Å². The van der Waals surface area contributed by atoms with E-state index in [4.69, 9.17) is 4.74 Å². The number of carbonyl (C=O) groups is 1. The van der Waals surface area contributed by atoms with Gasteiger partial charge in [0.25, 0.3) is 5.69 Å². The molecule has 1 aromatic heterocycles. The lowest BCUT2D eigenvalue weighted by molar-refractivity contribution is -0.386. The number of methoxy groups -OCH3 is 2. The maximum atomic E-state index is 11.0. The second kappa shape index (κ2) is 6.78. The molecule has 0 saturated carbocycles. The minimum absolute atomic E-state index is 0.0370. The number of nitro groups is 1. The number of hydrogen-bond acceptors (Lipinski definition) is 8. The van der Waals surface area contributed by atoms with Gasteiger partial charge in [0.05, 0.1) is 31.7 Å². The second-order valence-corrected chi connectivity index (χ2v) is 3.81. The summed E-state index contributed by atoms with van der Waals surface area (Å²) in [6.45, 7) is 0. The molecule has 9 nitrogen and oxygen atoms in total. The molecule has 1 heterocycles. The van der Waals surface area contributed by atoms with Gasteiger partial charge in [0.2, 0.25) is 5.88 Å². The summed E-state index contributed by atoms with van der Waals surface area (Å²) >= 11 is 0. The van der Waals surface area contributed by atoms with Crippen LogP contribution in [-0.4, -0.2) is 46.4 Å². The molecule has 0 aliphatic carbocycles. The van der Waals surface area contributed by atoms with E-state index in [-0.39, 0.29) is 11.6 Å². The van der Waals surface area contributed by atoms with E-state index in [1.165, 1.54) is 13.2 Å². The third kappa shape index (κ3) is 3.62. The van der Waals surface area contributed by atoms with Crippen molar-refractivity contribution in [3.05, 3.63) is 27.9 Å². The summed E-state index contributed by atoms with van der Waals surface area (Å²) in [5.41, 5.74) is -0.868. The Morgan fingerprint density at radius 1 is 1.45 bits per heavy atom. The Morgan fingerprint density at radius 3 is 2.60 bits per heavy atom. The highest BCUT2D eigenvalue weighted by Crippen LogP contribution is 2.28. The van der Waals surface area contributed by atoms with Crippen LogP contribution in [0.5, 0.6) is 5.88 Å². The standard InChI is InChI=1S/C11H14N2O7/c1-19-8-4-3-6(13(17)18)10(12-8)11(16)7(14)5-9(15)20-2/h3-4,7,11,14,16H,5H2,1-2H3. The van der Waals surface area contributed by atoms with Gasteiger partial charge >= 0.3 is 5.97 Å². The molecule has 20 heavy (non-hydrogen) atoms. The molecular formula is C11H14N2O7. The number of aliphatic hydroxyl groups excluding tert-OH is 2. The Morgan fingerprint density at radius 2 is 2.10 bits per heavy atom. The summed E-state index contributed by atoms with van der Waals surface area (Å²) in [4.78, 5) is 24.9. The lowest BCUT2D eigenvalue weighted by Gasteiger charge is -2.16. The van der Waals surface area contributed by atoms with Crippen molar-refractivity contribution in [3.63, 3.8) is 0 Å². The van der Waals surface area contributed by atoms with Crippen molar-refractivity contribution in [2.75, 3.05) is 14.2 Å². The van der Waals surface area contributed by atoms with Crippen LogP contribution in [0.2, 0.25) is 0 Å². The van der Waals surface area contributed by atoms with Gasteiger partial charge in [-0.25, -0.2) is 4.98 Å². The van der Waals surface area contributed by atoms with Gasteiger partial charge in [0, 0.05) is 12.1 Å². The number of aromatic nitrogens is 1. The van der Waals surface area contributed by atoms with E-state index >= 15 is 0 Å². The number of esters is 1. The lowest BCUT2D eigenvalue weighted by Crippen LogP contribution is -2.24. The van der Waals surface area contributed by atoms with Crippen molar-refractivity contribution >= 4 is 11.7 Å². The summed E-state index contributed by atoms with van der Waals surface area (Å²) in [5, 5.41) is 30.5. The Bertz CT molecular complexity index is 506. The molecule has 2 unspecified atom stereocenters. The van der Waals surface area contributed by atoms with Gasteiger partial charge in [-0.2, -0.15) is 0 Å². The van der Waals surface area contributed by atoms with Crippen molar-refractivity contribution in [1.29, 1.82) is 0 Å². The van der Waals surface area contributed by atoms with Crippen LogP contribution in [0.15, 0.2) is 12.1 Å². The largest absolute Gasteiger partial charge is 0.481 e. The molecule has 0 amide bonds. The summed E-state index contributed by atoms with van der Waals surface area (Å²) in [6, 6.07) is 2.34. The summed E-state index contributed by atoms with van der Waals surface area (Å²) < 4.78 is 9.14. The highest BCUT2D eigenvalue weighted by molar-refractivity contribution is 5.69. The van der Waals surface area contributed by atoms with Crippen LogP contribution in [-0.2, 0) is 9.53 Å². The number of ether oxygens (including phenoxy) is 2. The van der Waals surface area contributed by atoms with Crippen LogP contribution in [0.25, 0.3) is 0 Å². The maximum absolute atomic E-state index is 11.0. The van der Waals surface area contributed by atoms with E-state index in [0.717, 1.165) is 13.2 Å². The quantitative estimate of drug-likeness (QED) is 0.423. The molecule has 0 saturated heterocycles. The zero-order chi connectivity index (χ0) is 15.3. The number of pyridine rings is 1. The van der Waals surface area contributed by atoms with E-state index in [1.54, 1.807) is 0 Å². The number of rotatable bonds is 6. The average Bonchev–Trinajstić information content (AvgIpc) is 2.45. The molecule has 9 heteroatoms. The molecule has 0 aromatic carbocycles. The predicted octanol–water partition coefficient (Wildman–Crippen LogP) is -0.0442. The molecule has 1 aromatic rings. The van der Waals surface area contributed by atoms with Crippen LogP contribution < -0.4 is 4.74 Å². The molecule has 0 aliphatic heterocycles. The fraction of sp³-hybridized carbons (Fsp3) is 0.455. The van der Waals surface area contributed by atoms with Crippen molar-refractivity contribution < 1.29 is 29.4 Å². The first-order valence-corrected chi connectivity index (χ1v) is 5.53. The third-order valence-corrected chi connectivity index (χ3v) is 2.53. The van der Waals surface area contributed by atoms with Crippen LogP contribution in [0.1, 0.15) is 18.2 Å². The smallest absolute Gasteiger partial charge is 0.308 e. The summed E-state index contributed by atoms with van der Waals surface area (Å²) in [7, 11) is 2.42. The molecular weight excluding hydrogens is 272 g/mol. The number of hydrogen-bond donors (Lipinski definition) is 2. The van der Waals surface area contributed by atoms with Gasteiger partial charge in [0.1, 0.15) is 6.10 Å². The van der Waals surface area contributed by atoms with Gasteiger partial charge in [-0.05, 0) is 0 Å². The summed E-state index contributed by atoms with van der Waals surface area (Å²) in [6.07, 6.45) is -3.82. The van der Waals surface area contributed by atoms with Crippen molar-refractivity contribution in [3.8, 4) is 5.88 Å². The van der Waals surface area contributed by atoms with Crippen molar-refractivity contribution in [2.45, 2.75) is 18.6 Å². The lowest BCUT2D eigenvalue weighted by atomic mass is 10.1. The first-order valence-electron chi connectivity index (χ1n) is 5.53. The summed E-state index contributed by atoms with van der Waals surface area (Å²) in [5.74, 6) is -0.725. The molecule has 0 spiro atoms. The van der Waals surface area contributed by atoms with Gasteiger partial charge in [0.15, 0.2) is 5.69 Å². The van der Waals surface area contributed by atoms with Crippen LogP contribution in [0, 0.1) is 10.1 Å². The van der Waals surface area contributed by atoms with E-state index in [9.17, 15) is 25.1 Å². The SMILES string of the molecule is COC(=O)CC(O)C(O)c1nc(OC)ccc1[N+](=O)[O-]. The molecule has 110 valence electrons. The molecule has 1 rings (SSSR count). The first kappa shape index (κ1) is 15.8. The minimum atomic E-state index is -1.72. The highest BCUT2D eigenvalue weighted by atomic mass is 16.6.